The summed E-state index contributed by atoms with van der Waals surface area (Å²) >= 11 is 0. The van der Waals surface area contributed by atoms with E-state index in [0.717, 1.165) is 56.6 Å². The van der Waals surface area contributed by atoms with Gasteiger partial charge in [-0.05, 0) is 84.2 Å². The van der Waals surface area contributed by atoms with Gasteiger partial charge in [0, 0.05) is 50.0 Å². The summed E-state index contributed by atoms with van der Waals surface area (Å²) in [5.74, 6) is 1.59. The molecule has 10 aromatic rings. The number of anilines is 3. The average molecular weight is 680 g/mol. The second kappa shape index (κ2) is 12.8. The summed E-state index contributed by atoms with van der Waals surface area (Å²) in [4.78, 5) is 2.30. The van der Waals surface area contributed by atoms with Crippen LogP contribution in [0.5, 0.6) is 0 Å². The number of benzene rings is 8. The Hall–Kier alpha value is -7.24. The molecule has 0 atom stereocenters. The molecular formula is C48H33N5. The molecule has 0 aliphatic carbocycles. The molecule has 0 radical (unpaired) electrons. The lowest BCUT2D eigenvalue weighted by atomic mass is 10.1. The minimum atomic E-state index is 0.786. The molecule has 0 saturated heterocycles. The van der Waals surface area contributed by atoms with Crippen LogP contribution in [0.1, 0.15) is 0 Å². The van der Waals surface area contributed by atoms with Crippen LogP contribution in [-0.4, -0.2) is 19.3 Å². The van der Waals surface area contributed by atoms with Gasteiger partial charge in [-0.25, -0.2) is 0 Å². The molecule has 0 unspecified atom stereocenters. The van der Waals surface area contributed by atoms with E-state index in [9.17, 15) is 0 Å². The first-order chi connectivity index (χ1) is 26.3. The van der Waals surface area contributed by atoms with Gasteiger partial charge in [-0.3, -0.25) is 4.57 Å². The number of hydrogen-bond acceptors (Lipinski definition) is 3. The summed E-state index contributed by atoms with van der Waals surface area (Å²) in [5, 5.41) is 14.4. The third-order valence-electron chi connectivity index (χ3n) is 10.0. The highest BCUT2D eigenvalue weighted by Crippen LogP contribution is 2.38. The highest BCUT2D eigenvalue weighted by molar-refractivity contribution is 6.09. The van der Waals surface area contributed by atoms with Gasteiger partial charge >= 0.3 is 0 Å². The first kappa shape index (κ1) is 30.6. The average Bonchev–Trinajstić information content (AvgIpc) is 3.82. The third-order valence-corrected chi connectivity index (χ3v) is 10.0. The van der Waals surface area contributed by atoms with Crippen LogP contribution in [-0.2, 0) is 0 Å². The van der Waals surface area contributed by atoms with Gasteiger partial charge in [-0.2, -0.15) is 0 Å². The molecule has 5 nitrogen and oxygen atoms in total. The van der Waals surface area contributed by atoms with Gasteiger partial charge in [0.05, 0.1) is 16.7 Å². The first-order valence-corrected chi connectivity index (χ1v) is 17.8. The van der Waals surface area contributed by atoms with Crippen molar-refractivity contribution in [3.05, 3.63) is 200 Å². The van der Waals surface area contributed by atoms with Crippen molar-refractivity contribution in [2.24, 2.45) is 0 Å². The summed E-state index contributed by atoms with van der Waals surface area (Å²) in [6, 6.07) is 70.4. The molecule has 0 aliphatic heterocycles. The molecule has 0 amide bonds. The van der Waals surface area contributed by atoms with E-state index < -0.39 is 0 Å². The van der Waals surface area contributed by atoms with E-state index in [4.69, 9.17) is 10.2 Å². The van der Waals surface area contributed by atoms with Crippen LogP contribution in [0.25, 0.3) is 66.7 Å². The molecule has 0 spiro atoms. The van der Waals surface area contributed by atoms with Crippen molar-refractivity contribution in [2.75, 3.05) is 4.90 Å². The number of rotatable bonds is 7. The van der Waals surface area contributed by atoms with Crippen LogP contribution in [0.4, 0.5) is 17.1 Å². The second-order valence-corrected chi connectivity index (χ2v) is 13.2. The first-order valence-electron chi connectivity index (χ1n) is 17.8. The Morgan fingerprint density at radius 3 is 1.45 bits per heavy atom. The Kier molecular flexibility index (Phi) is 7.40. The quantitative estimate of drug-likeness (QED) is 0.168. The molecule has 10 rings (SSSR count). The number of nitrogens with zero attached hydrogens (tertiary/aromatic N) is 5. The maximum absolute atomic E-state index is 4.81. The van der Waals surface area contributed by atoms with Crippen molar-refractivity contribution in [3.63, 3.8) is 0 Å². The minimum Gasteiger partial charge on any atom is -0.311 e. The zero-order valence-corrected chi connectivity index (χ0v) is 28.8. The maximum Gasteiger partial charge on any atom is 0.168 e. The van der Waals surface area contributed by atoms with Crippen LogP contribution in [0.3, 0.4) is 0 Å². The van der Waals surface area contributed by atoms with Crippen molar-refractivity contribution in [2.45, 2.75) is 0 Å². The van der Waals surface area contributed by atoms with E-state index in [1.807, 2.05) is 18.2 Å². The van der Waals surface area contributed by atoms with Gasteiger partial charge in [0.2, 0.25) is 0 Å². The van der Waals surface area contributed by atoms with Crippen LogP contribution in [0.15, 0.2) is 200 Å². The number of fused-ring (bicyclic) bond motifs is 4. The van der Waals surface area contributed by atoms with E-state index >= 15 is 0 Å². The summed E-state index contributed by atoms with van der Waals surface area (Å²) in [5.41, 5.74) is 9.74. The fourth-order valence-electron chi connectivity index (χ4n) is 7.61. The fraction of sp³-hybridized carbons (Fsp3) is 0. The molecule has 2 aromatic heterocycles. The van der Waals surface area contributed by atoms with Gasteiger partial charge in [0.25, 0.3) is 0 Å². The lowest BCUT2D eigenvalue weighted by molar-refractivity contribution is 1.08. The van der Waals surface area contributed by atoms with Crippen molar-refractivity contribution in [1.29, 1.82) is 0 Å². The normalized spacial score (nSPS) is 11.4. The van der Waals surface area contributed by atoms with Gasteiger partial charge in [-0.15, -0.1) is 10.2 Å². The predicted octanol–water partition coefficient (Wildman–Crippen LogP) is 12.3. The number of aromatic nitrogens is 4. The predicted molar refractivity (Wildman–Crippen MR) is 219 cm³/mol. The Morgan fingerprint density at radius 2 is 0.811 bits per heavy atom. The summed E-state index contributed by atoms with van der Waals surface area (Å²) in [6.45, 7) is 0. The van der Waals surface area contributed by atoms with Crippen LogP contribution < -0.4 is 4.90 Å². The van der Waals surface area contributed by atoms with Crippen molar-refractivity contribution in [3.8, 4) is 34.2 Å². The largest absolute Gasteiger partial charge is 0.311 e. The highest BCUT2D eigenvalue weighted by Gasteiger charge is 2.20. The Labute approximate surface area is 307 Å². The maximum atomic E-state index is 4.81. The molecule has 53 heavy (non-hydrogen) atoms. The monoisotopic (exact) mass is 679 g/mol. The standard InChI is InChI=1S/C48H33N5/c1-3-15-35(16-4-1)47-49-50-48(53(47)44-25-13-17-34-14-7-8-20-41(34)44)36-26-28-38(29-27-36)51(37-18-5-2-6-19-37)39-30-32-40(33-31-39)52-45-23-11-9-21-42(45)43-22-10-12-24-46(43)52/h1-33H. The van der Waals surface area contributed by atoms with Crippen LogP contribution >= 0.6 is 0 Å². The highest BCUT2D eigenvalue weighted by atomic mass is 15.3. The zero-order valence-electron chi connectivity index (χ0n) is 28.8. The van der Waals surface area contributed by atoms with E-state index in [2.05, 4.69) is 196 Å². The molecule has 250 valence electrons. The van der Waals surface area contributed by atoms with E-state index in [-0.39, 0.29) is 0 Å². The molecule has 8 aromatic carbocycles. The third kappa shape index (κ3) is 5.26. The second-order valence-electron chi connectivity index (χ2n) is 13.2. The van der Waals surface area contributed by atoms with Crippen molar-refractivity contribution >= 4 is 49.6 Å². The molecule has 0 bridgehead atoms. The Morgan fingerprint density at radius 1 is 0.340 bits per heavy atom. The molecule has 0 N–H and O–H groups in total. The van der Waals surface area contributed by atoms with E-state index in [0.29, 0.717) is 0 Å². The van der Waals surface area contributed by atoms with E-state index in [1.165, 1.54) is 27.2 Å². The van der Waals surface area contributed by atoms with Gasteiger partial charge in [0.1, 0.15) is 0 Å². The molecular weight excluding hydrogens is 647 g/mol. The van der Waals surface area contributed by atoms with Gasteiger partial charge in [-0.1, -0.05) is 121 Å². The minimum absolute atomic E-state index is 0.786. The molecule has 5 heteroatoms. The van der Waals surface area contributed by atoms with Crippen LogP contribution in [0.2, 0.25) is 0 Å². The molecule has 0 saturated carbocycles. The SMILES string of the molecule is c1ccc(-c2nnc(-c3ccc(N(c4ccccc4)c4ccc(-n5c6ccccc6c6ccccc65)cc4)cc3)n2-c2cccc3ccccc23)cc1. The summed E-state index contributed by atoms with van der Waals surface area (Å²) < 4.78 is 4.54. The Bertz CT molecular complexity index is 2810. The number of para-hydroxylation sites is 3. The van der Waals surface area contributed by atoms with E-state index in [1.54, 1.807) is 0 Å². The molecule has 2 heterocycles. The van der Waals surface area contributed by atoms with Crippen molar-refractivity contribution < 1.29 is 0 Å². The van der Waals surface area contributed by atoms with Gasteiger partial charge in [0.15, 0.2) is 11.6 Å². The molecule has 0 fully saturated rings. The smallest absolute Gasteiger partial charge is 0.168 e. The topological polar surface area (TPSA) is 38.9 Å². The zero-order chi connectivity index (χ0) is 35.1. The molecule has 0 aliphatic rings. The van der Waals surface area contributed by atoms with Gasteiger partial charge < -0.3 is 9.47 Å². The fourth-order valence-corrected chi connectivity index (χ4v) is 7.61. The summed E-state index contributed by atoms with van der Waals surface area (Å²) in [7, 11) is 0. The Balaban J connectivity index is 1.07. The van der Waals surface area contributed by atoms with Crippen LogP contribution in [0, 0.1) is 0 Å². The number of hydrogen-bond donors (Lipinski definition) is 0. The lowest BCUT2D eigenvalue weighted by Gasteiger charge is -2.26. The van der Waals surface area contributed by atoms with Crippen molar-refractivity contribution in [1.82, 2.24) is 19.3 Å². The lowest BCUT2D eigenvalue weighted by Crippen LogP contribution is -2.10. The summed E-state index contributed by atoms with van der Waals surface area (Å²) in [6.07, 6.45) is 0.